The van der Waals surface area contributed by atoms with Gasteiger partial charge in [-0.15, -0.1) is 0 Å². The normalized spacial score (nSPS) is 16.1. The first-order valence-corrected chi connectivity index (χ1v) is 8.73. The molecule has 1 aliphatic heterocycles. The van der Waals surface area contributed by atoms with Gasteiger partial charge in [-0.3, -0.25) is 4.79 Å². The zero-order chi connectivity index (χ0) is 19.2. The van der Waals surface area contributed by atoms with E-state index in [0.717, 1.165) is 18.4 Å². The number of carbonyl (C=O) groups is 2. The van der Waals surface area contributed by atoms with Crippen LogP contribution in [0.25, 0.3) is 0 Å². The Bertz CT molecular complexity index is 809. The van der Waals surface area contributed by atoms with Gasteiger partial charge in [-0.1, -0.05) is 6.07 Å². The van der Waals surface area contributed by atoms with E-state index in [4.69, 9.17) is 14.2 Å². The number of pyridine rings is 1. The number of esters is 1. The predicted octanol–water partition coefficient (Wildman–Crippen LogP) is 2.62. The predicted molar refractivity (Wildman–Crippen MR) is 97.8 cm³/mol. The number of likely N-dealkylation sites (tertiary alicyclic amines) is 1. The lowest BCUT2D eigenvalue weighted by molar-refractivity contribution is -0.135. The number of aromatic nitrogens is 1. The molecule has 1 saturated heterocycles. The summed E-state index contributed by atoms with van der Waals surface area (Å²) in [6.07, 6.45) is 3.18. The van der Waals surface area contributed by atoms with Crippen molar-refractivity contribution in [3.05, 3.63) is 53.9 Å². The lowest BCUT2D eigenvalue weighted by atomic mass is 10.0. The Kier molecular flexibility index (Phi) is 5.90. The van der Waals surface area contributed by atoms with Gasteiger partial charge in [0.15, 0.2) is 6.61 Å². The van der Waals surface area contributed by atoms with Crippen molar-refractivity contribution in [3.8, 4) is 11.5 Å². The second-order valence-corrected chi connectivity index (χ2v) is 6.14. The standard InChI is InChI=1S/C20H22N2O5/c1-25-14-8-9-18(26-2)15(12-14)17-7-5-11-22(17)19(23)13-27-20(24)16-6-3-4-10-21-16/h3-4,6,8-10,12,17H,5,7,11,13H2,1-2H3/t17-/m0/s1. The molecule has 0 bridgehead atoms. The van der Waals surface area contributed by atoms with Crippen LogP contribution < -0.4 is 9.47 Å². The Balaban J connectivity index is 1.71. The van der Waals surface area contributed by atoms with Crippen molar-refractivity contribution < 1.29 is 23.8 Å². The van der Waals surface area contributed by atoms with E-state index in [1.165, 1.54) is 6.20 Å². The topological polar surface area (TPSA) is 78.0 Å². The summed E-state index contributed by atoms with van der Waals surface area (Å²) in [6, 6.07) is 10.3. The Morgan fingerprint density at radius 2 is 2.04 bits per heavy atom. The average molecular weight is 370 g/mol. The fraction of sp³-hybridized carbons (Fsp3) is 0.350. The van der Waals surface area contributed by atoms with Crippen molar-refractivity contribution in [2.45, 2.75) is 18.9 Å². The minimum Gasteiger partial charge on any atom is -0.497 e. The minimum absolute atomic E-state index is 0.142. The van der Waals surface area contributed by atoms with Gasteiger partial charge in [0.2, 0.25) is 0 Å². The maximum Gasteiger partial charge on any atom is 0.357 e. The quantitative estimate of drug-likeness (QED) is 0.728. The molecule has 1 aliphatic rings. The van der Waals surface area contributed by atoms with E-state index in [9.17, 15) is 9.59 Å². The average Bonchev–Trinajstić information content (AvgIpc) is 3.21. The molecule has 27 heavy (non-hydrogen) atoms. The first kappa shape index (κ1) is 18.7. The maximum atomic E-state index is 12.7. The molecule has 1 atom stereocenters. The van der Waals surface area contributed by atoms with Crippen molar-refractivity contribution in [2.24, 2.45) is 0 Å². The number of hydrogen-bond donors (Lipinski definition) is 0. The molecule has 142 valence electrons. The van der Waals surface area contributed by atoms with Crippen LogP contribution in [0.5, 0.6) is 11.5 Å². The summed E-state index contributed by atoms with van der Waals surface area (Å²) < 4.78 is 15.9. The molecule has 0 unspecified atom stereocenters. The SMILES string of the molecule is COc1ccc(OC)c([C@@H]2CCCN2C(=O)COC(=O)c2ccccn2)c1. The molecule has 0 aliphatic carbocycles. The van der Waals surface area contributed by atoms with Crippen molar-refractivity contribution in [1.82, 2.24) is 9.88 Å². The zero-order valence-corrected chi connectivity index (χ0v) is 15.4. The Labute approximate surface area is 157 Å². The van der Waals surface area contributed by atoms with Gasteiger partial charge >= 0.3 is 5.97 Å². The Morgan fingerprint density at radius 3 is 2.74 bits per heavy atom. The summed E-state index contributed by atoms with van der Waals surface area (Å²) in [7, 11) is 3.20. The van der Waals surface area contributed by atoms with Crippen molar-refractivity contribution >= 4 is 11.9 Å². The molecular weight excluding hydrogens is 348 g/mol. The summed E-state index contributed by atoms with van der Waals surface area (Å²) in [5.41, 5.74) is 1.07. The van der Waals surface area contributed by atoms with Crippen molar-refractivity contribution in [2.75, 3.05) is 27.4 Å². The van der Waals surface area contributed by atoms with Crippen LogP contribution in [0.2, 0.25) is 0 Å². The lowest BCUT2D eigenvalue weighted by Gasteiger charge is -2.26. The number of carbonyl (C=O) groups excluding carboxylic acids is 2. The number of hydrogen-bond acceptors (Lipinski definition) is 6. The van der Waals surface area contributed by atoms with Gasteiger partial charge in [0, 0.05) is 18.3 Å². The number of methoxy groups -OCH3 is 2. The van der Waals surface area contributed by atoms with E-state index in [1.807, 2.05) is 18.2 Å². The molecule has 0 spiro atoms. The van der Waals surface area contributed by atoms with Crippen LogP contribution >= 0.6 is 0 Å². The number of ether oxygens (including phenoxy) is 3. The van der Waals surface area contributed by atoms with E-state index in [2.05, 4.69) is 4.98 Å². The molecule has 3 rings (SSSR count). The molecular formula is C20H22N2O5. The van der Waals surface area contributed by atoms with Crippen LogP contribution in [0.1, 0.15) is 34.9 Å². The molecule has 1 amide bonds. The van der Waals surface area contributed by atoms with Gasteiger partial charge < -0.3 is 19.1 Å². The van der Waals surface area contributed by atoms with Gasteiger partial charge in [-0.2, -0.15) is 0 Å². The lowest BCUT2D eigenvalue weighted by Crippen LogP contribution is -2.34. The third kappa shape index (κ3) is 4.19. The number of benzene rings is 1. The number of rotatable bonds is 6. The van der Waals surface area contributed by atoms with Crippen LogP contribution in [0.4, 0.5) is 0 Å². The second-order valence-electron chi connectivity index (χ2n) is 6.14. The van der Waals surface area contributed by atoms with Gasteiger partial charge in [-0.05, 0) is 43.2 Å². The molecule has 7 nitrogen and oxygen atoms in total. The monoisotopic (exact) mass is 370 g/mol. The van der Waals surface area contributed by atoms with Crippen LogP contribution in [-0.4, -0.2) is 49.1 Å². The smallest absolute Gasteiger partial charge is 0.357 e. The molecule has 2 heterocycles. The van der Waals surface area contributed by atoms with Gasteiger partial charge in [0.05, 0.1) is 20.3 Å². The van der Waals surface area contributed by atoms with E-state index >= 15 is 0 Å². The molecule has 1 fully saturated rings. The van der Waals surface area contributed by atoms with Crippen LogP contribution in [0, 0.1) is 0 Å². The van der Waals surface area contributed by atoms with E-state index < -0.39 is 5.97 Å². The first-order chi connectivity index (χ1) is 13.1. The van der Waals surface area contributed by atoms with Crippen LogP contribution in [0.15, 0.2) is 42.6 Å². The Morgan fingerprint density at radius 1 is 1.19 bits per heavy atom. The van der Waals surface area contributed by atoms with Gasteiger partial charge in [0.25, 0.3) is 5.91 Å². The van der Waals surface area contributed by atoms with Crippen molar-refractivity contribution in [3.63, 3.8) is 0 Å². The highest BCUT2D eigenvalue weighted by Gasteiger charge is 2.32. The van der Waals surface area contributed by atoms with E-state index in [1.54, 1.807) is 37.3 Å². The largest absolute Gasteiger partial charge is 0.497 e. The molecule has 7 heteroatoms. The minimum atomic E-state index is -0.612. The molecule has 1 aromatic carbocycles. The van der Waals surface area contributed by atoms with E-state index in [0.29, 0.717) is 18.0 Å². The van der Waals surface area contributed by atoms with Crippen LogP contribution in [0.3, 0.4) is 0 Å². The summed E-state index contributed by atoms with van der Waals surface area (Å²) in [4.78, 5) is 30.3. The van der Waals surface area contributed by atoms with Crippen LogP contribution in [-0.2, 0) is 9.53 Å². The third-order valence-corrected chi connectivity index (χ3v) is 4.57. The highest BCUT2D eigenvalue weighted by atomic mass is 16.5. The summed E-state index contributed by atoms with van der Waals surface area (Å²) in [5, 5.41) is 0. The van der Waals surface area contributed by atoms with Crippen molar-refractivity contribution in [1.29, 1.82) is 0 Å². The summed E-state index contributed by atoms with van der Waals surface area (Å²) in [5.74, 6) is 0.544. The fourth-order valence-electron chi connectivity index (χ4n) is 3.26. The molecule has 0 N–H and O–H groups in total. The van der Waals surface area contributed by atoms with Gasteiger partial charge in [-0.25, -0.2) is 9.78 Å². The second kappa shape index (κ2) is 8.53. The molecule has 1 aromatic heterocycles. The summed E-state index contributed by atoms with van der Waals surface area (Å²) in [6.45, 7) is 0.281. The Hall–Kier alpha value is -3.09. The van der Waals surface area contributed by atoms with E-state index in [-0.39, 0.29) is 24.2 Å². The third-order valence-electron chi connectivity index (χ3n) is 4.57. The highest BCUT2D eigenvalue weighted by molar-refractivity contribution is 5.89. The van der Waals surface area contributed by atoms with Gasteiger partial charge in [0.1, 0.15) is 17.2 Å². The first-order valence-electron chi connectivity index (χ1n) is 8.73. The zero-order valence-electron chi connectivity index (χ0n) is 15.4. The number of amides is 1. The molecule has 0 saturated carbocycles. The molecule has 0 radical (unpaired) electrons. The fourth-order valence-corrected chi connectivity index (χ4v) is 3.26. The highest BCUT2D eigenvalue weighted by Crippen LogP contribution is 2.38. The number of nitrogens with zero attached hydrogens (tertiary/aromatic N) is 2. The summed E-state index contributed by atoms with van der Waals surface area (Å²) >= 11 is 0. The molecule has 2 aromatic rings. The maximum absolute atomic E-state index is 12.7.